The van der Waals surface area contributed by atoms with Gasteiger partial charge in [-0.15, -0.1) is 0 Å². The van der Waals surface area contributed by atoms with Gasteiger partial charge in [0, 0.05) is 25.2 Å². The van der Waals surface area contributed by atoms with Crippen LogP contribution in [0, 0.1) is 40.4 Å². The summed E-state index contributed by atoms with van der Waals surface area (Å²) in [6, 6.07) is 18.0. The molecule has 6 aromatic rings. The molecule has 0 bridgehead atoms. The van der Waals surface area contributed by atoms with Crippen molar-refractivity contribution in [3.63, 3.8) is 0 Å². The Labute approximate surface area is 468 Å². The summed E-state index contributed by atoms with van der Waals surface area (Å²) in [5, 5.41) is 47.4. The number of anilines is 4. The smallest absolute Gasteiger partial charge is 0.410 e. The number of carbonyl (C=O) groups excluding carboxylic acids is 1. The normalized spacial score (nSPS) is 14.6. The van der Waals surface area contributed by atoms with Crippen LogP contribution in [0.15, 0.2) is 73.3 Å². The average Bonchev–Trinajstić information content (AvgIpc) is 4.11. The standard InChI is InChI=1S/C24H27N7O5.C20H19N7O5.3C4H10/c1-24(2,3)36-23(32)31-8-9-34-21(14-31)35-18-7-5-6-17(33-4)22(18)16-10-19(30-29-16)28-20-13-26-15(11-25)12-27-20;1-30-14-3-2-4-15(32-18-11-27(20(28)29)5-6-31-18)19(14)13-7-16(26-25-13)24-17-10-22-12(8-21)9-23-17;3*1-4(2)3/h5-7,10,12-13,21H,8-9,14H2,1-4H3,(H2,27,28,29,30);2-4,7,9-10,18H,5-6,11H2,1H3,(H,28,29)(H2,23,24,25,26);3*4H,1-3H3/t21-;18-;;;/m00.../s1. The number of methoxy groups -OCH3 is 2. The number of nitrogens with one attached hydrogen (secondary N) is 4. The first-order valence-corrected chi connectivity index (χ1v) is 26.0. The first-order valence-electron chi connectivity index (χ1n) is 26.0. The van der Waals surface area contributed by atoms with Crippen molar-refractivity contribution in [1.29, 1.82) is 10.5 Å². The maximum atomic E-state index is 12.5. The molecule has 8 rings (SSSR count). The third-order valence-corrected chi connectivity index (χ3v) is 9.66. The number of H-pyrrole nitrogens is 2. The number of morpholine rings is 2. The molecule has 6 heterocycles. The highest BCUT2D eigenvalue weighted by Gasteiger charge is 2.31. The van der Waals surface area contributed by atoms with E-state index in [-0.39, 0.29) is 37.6 Å². The van der Waals surface area contributed by atoms with Crippen molar-refractivity contribution in [1.82, 2.24) is 50.1 Å². The SMILES string of the molecule is CC(C)C.CC(C)C.CC(C)C.COc1cccc(O[C@H]2CN(C(=O)O)CCO2)c1-c1cc(Nc2cnc(C#N)cn2)n[nH]1.COc1cccc(O[C@H]2CN(C(=O)OC(C)(C)C)CCO2)c1-c1cc(Nc2cnc(C#N)cn2)n[nH]1. The molecule has 0 saturated carbocycles. The van der Waals surface area contributed by atoms with Crippen molar-refractivity contribution in [3.8, 4) is 57.7 Å². The van der Waals surface area contributed by atoms with Gasteiger partial charge in [0.2, 0.25) is 12.6 Å². The molecule has 2 saturated heterocycles. The Kier molecular flexibility index (Phi) is 25.2. The molecule has 0 spiro atoms. The molecule has 4 aromatic heterocycles. The molecule has 2 atom stereocenters. The number of amides is 2. The minimum Gasteiger partial charge on any atom is -0.496 e. The molecule has 80 heavy (non-hydrogen) atoms. The van der Waals surface area contributed by atoms with Gasteiger partial charge >= 0.3 is 12.2 Å². The van der Waals surface area contributed by atoms with Crippen molar-refractivity contribution in [2.45, 2.75) is 101 Å². The van der Waals surface area contributed by atoms with Gasteiger partial charge in [-0.05, 0) is 62.8 Å². The van der Waals surface area contributed by atoms with Gasteiger partial charge in [-0.3, -0.25) is 20.0 Å². The maximum absolute atomic E-state index is 12.5. The molecule has 2 aromatic carbocycles. The van der Waals surface area contributed by atoms with Gasteiger partial charge in [0.25, 0.3) is 0 Å². The number of rotatable bonds is 12. The number of benzene rings is 2. The first kappa shape index (κ1) is 63.8. The number of carbonyl (C=O) groups is 2. The molecule has 2 aliphatic rings. The summed E-state index contributed by atoms with van der Waals surface area (Å²) >= 11 is 0. The highest BCUT2D eigenvalue weighted by atomic mass is 16.7. The van der Waals surface area contributed by atoms with Crippen LogP contribution in [0.3, 0.4) is 0 Å². The van der Waals surface area contributed by atoms with E-state index in [0.717, 1.165) is 17.8 Å². The second-order valence-corrected chi connectivity index (χ2v) is 20.7. The van der Waals surface area contributed by atoms with E-state index >= 15 is 0 Å². The van der Waals surface area contributed by atoms with Crippen LogP contribution in [0.25, 0.3) is 22.5 Å². The molecule has 2 aliphatic heterocycles. The number of aromatic amines is 2. The van der Waals surface area contributed by atoms with Crippen LogP contribution < -0.4 is 29.6 Å². The van der Waals surface area contributed by atoms with E-state index in [0.29, 0.717) is 81.9 Å². The Bertz CT molecular complexity index is 2910. The summed E-state index contributed by atoms with van der Waals surface area (Å²) in [5.41, 5.74) is 2.26. The summed E-state index contributed by atoms with van der Waals surface area (Å²) in [4.78, 5) is 42.8. The molecule has 430 valence electrons. The Morgan fingerprint density at radius 1 is 0.637 bits per heavy atom. The van der Waals surface area contributed by atoms with E-state index < -0.39 is 30.4 Å². The van der Waals surface area contributed by atoms with Crippen LogP contribution in [0.5, 0.6) is 23.0 Å². The lowest BCUT2D eigenvalue weighted by molar-refractivity contribution is -0.128. The largest absolute Gasteiger partial charge is 0.496 e. The molecule has 0 unspecified atom stereocenters. The van der Waals surface area contributed by atoms with Crippen LogP contribution in [-0.2, 0) is 14.2 Å². The Hall–Kier alpha value is -8.74. The number of hydrogen-bond donors (Lipinski definition) is 5. The van der Waals surface area contributed by atoms with Gasteiger partial charge in [0.1, 0.15) is 52.4 Å². The Balaban J connectivity index is 0.000000288. The number of hydrogen-bond acceptors (Lipinski definition) is 19. The quantitative estimate of drug-likeness (QED) is 0.0760. The molecular formula is C56H76N14O10. The summed E-state index contributed by atoms with van der Waals surface area (Å²) < 4.78 is 40.1. The summed E-state index contributed by atoms with van der Waals surface area (Å²) in [6.45, 7) is 26.5. The summed E-state index contributed by atoms with van der Waals surface area (Å²) in [6.07, 6.45) is 2.69. The fourth-order valence-corrected chi connectivity index (χ4v) is 6.61. The zero-order valence-corrected chi connectivity index (χ0v) is 48.2. The number of carboxylic acid groups (broad SMARTS) is 1. The zero-order chi connectivity index (χ0) is 58.9. The van der Waals surface area contributed by atoms with E-state index in [1.165, 1.54) is 36.8 Å². The van der Waals surface area contributed by atoms with Crippen molar-refractivity contribution < 1.29 is 47.9 Å². The predicted octanol–water partition coefficient (Wildman–Crippen LogP) is 10.7. The van der Waals surface area contributed by atoms with E-state index in [2.05, 4.69) is 113 Å². The molecule has 0 radical (unpaired) electrons. The molecule has 24 heteroatoms. The van der Waals surface area contributed by atoms with Gasteiger partial charge < -0.3 is 48.9 Å². The predicted molar refractivity (Wildman–Crippen MR) is 301 cm³/mol. The molecule has 2 fully saturated rings. The van der Waals surface area contributed by atoms with E-state index in [1.807, 2.05) is 32.9 Å². The van der Waals surface area contributed by atoms with Crippen LogP contribution >= 0.6 is 0 Å². The molecule has 24 nitrogen and oxygen atoms in total. The van der Waals surface area contributed by atoms with Gasteiger partial charge in [-0.1, -0.05) is 74.4 Å². The Morgan fingerprint density at radius 2 is 1.02 bits per heavy atom. The topological polar surface area (TPSA) is 306 Å². The summed E-state index contributed by atoms with van der Waals surface area (Å²) in [5.74, 6) is 6.30. The third kappa shape index (κ3) is 21.6. The lowest BCUT2D eigenvalue weighted by Gasteiger charge is -2.34. The van der Waals surface area contributed by atoms with Gasteiger partial charge in [0.15, 0.2) is 23.0 Å². The number of nitriles is 2. The highest BCUT2D eigenvalue weighted by Crippen LogP contribution is 2.40. The monoisotopic (exact) mass is 1100 g/mol. The van der Waals surface area contributed by atoms with E-state index in [1.54, 1.807) is 60.5 Å². The fraction of sp³-hybridized carbons (Fsp3) is 0.464. The molecular weight excluding hydrogens is 1030 g/mol. The third-order valence-electron chi connectivity index (χ3n) is 9.66. The van der Waals surface area contributed by atoms with E-state index in [9.17, 15) is 14.7 Å². The fourth-order valence-electron chi connectivity index (χ4n) is 6.61. The van der Waals surface area contributed by atoms with Gasteiger partial charge in [-0.2, -0.15) is 20.7 Å². The molecule has 2 amide bonds. The second-order valence-electron chi connectivity index (χ2n) is 20.7. The summed E-state index contributed by atoms with van der Waals surface area (Å²) in [7, 11) is 3.10. The van der Waals surface area contributed by atoms with Crippen molar-refractivity contribution in [3.05, 3.63) is 84.7 Å². The minimum absolute atomic E-state index is 0.0825. The Morgan fingerprint density at radius 3 is 1.38 bits per heavy atom. The van der Waals surface area contributed by atoms with Crippen LogP contribution in [0.2, 0.25) is 0 Å². The lowest BCUT2D eigenvalue weighted by Crippen LogP contribution is -2.49. The number of ether oxygens (including phenoxy) is 7. The van der Waals surface area contributed by atoms with Crippen molar-refractivity contribution in [2.24, 2.45) is 17.8 Å². The molecule has 0 aliphatic carbocycles. The van der Waals surface area contributed by atoms with E-state index in [4.69, 9.17) is 43.7 Å². The number of nitrogens with zero attached hydrogens (tertiary/aromatic N) is 10. The maximum Gasteiger partial charge on any atom is 0.410 e. The first-order chi connectivity index (χ1) is 38.0. The zero-order valence-electron chi connectivity index (χ0n) is 48.2. The highest BCUT2D eigenvalue weighted by molar-refractivity contribution is 5.78. The van der Waals surface area contributed by atoms with Crippen LogP contribution in [0.1, 0.15) is 94.5 Å². The number of aromatic nitrogens is 8. The lowest BCUT2D eigenvalue weighted by atomic mass is 10.1. The van der Waals surface area contributed by atoms with Crippen molar-refractivity contribution >= 4 is 35.5 Å². The molecule has 5 N–H and O–H groups in total. The minimum atomic E-state index is -1.03. The van der Waals surface area contributed by atoms with Crippen LogP contribution in [0.4, 0.5) is 32.9 Å². The van der Waals surface area contributed by atoms with Gasteiger partial charge in [-0.25, -0.2) is 29.5 Å². The second kappa shape index (κ2) is 31.6. The van der Waals surface area contributed by atoms with Gasteiger partial charge in [0.05, 0.1) is 87.8 Å². The van der Waals surface area contributed by atoms with Crippen molar-refractivity contribution in [2.75, 3.05) is 64.2 Å². The average molecular weight is 1110 g/mol. The van der Waals surface area contributed by atoms with Crippen LogP contribution in [-0.4, -0.2) is 139 Å².